The van der Waals surface area contributed by atoms with E-state index in [0.29, 0.717) is 5.69 Å². The van der Waals surface area contributed by atoms with E-state index in [2.05, 4.69) is 5.32 Å². The molecule has 1 aliphatic rings. The summed E-state index contributed by atoms with van der Waals surface area (Å²) >= 11 is 1.26. The Labute approximate surface area is 121 Å². The second kappa shape index (κ2) is 5.44. The highest BCUT2D eigenvalue weighted by Crippen LogP contribution is 2.38. The maximum absolute atomic E-state index is 11.9. The van der Waals surface area contributed by atoms with Gasteiger partial charge in [0.15, 0.2) is 0 Å². The Hall–Kier alpha value is -1.56. The zero-order chi connectivity index (χ0) is 14.9. The van der Waals surface area contributed by atoms with E-state index >= 15 is 0 Å². The summed E-state index contributed by atoms with van der Waals surface area (Å²) in [5.74, 6) is -1.00. The number of rotatable bonds is 2. The van der Waals surface area contributed by atoms with Gasteiger partial charge in [0, 0.05) is 4.88 Å². The standard InChI is InChI=1S/C14H19NO4S/c1-14(2,3)19-13(18)15-10-8-6-4-5-7-9(8)20-11(10)12(16)17/h4-7H2,1-3H3,(H,15,18)(H,16,17). The Bertz CT molecular complexity index is 542. The van der Waals surface area contributed by atoms with Crippen LogP contribution in [0.15, 0.2) is 0 Å². The predicted octanol–water partition coefficient (Wildman–Crippen LogP) is 3.67. The second-order valence-corrected chi connectivity index (χ2v) is 6.95. The number of carbonyl (C=O) groups excluding carboxylic acids is 1. The summed E-state index contributed by atoms with van der Waals surface area (Å²) in [6.45, 7) is 5.31. The molecule has 0 aromatic carbocycles. The van der Waals surface area contributed by atoms with Crippen LogP contribution in [0, 0.1) is 0 Å². The topological polar surface area (TPSA) is 75.6 Å². The van der Waals surface area contributed by atoms with Crippen molar-refractivity contribution in [2.75, 3.05) is 5.32 Å². The maximum atomic E-state index is 11.9. The fourth-order valence-electron chi connectivity index (χ4n) is 2.25. The number of nitrogens with one attached hydrogen (secondary N) is 1. The number of fused-ring (bicyclic) bond motifs is 1. The molecule has 20 heavy (non-hydrogen) atoms. The fourth-order valence-corrected chi connectivity index (χ4v) is 3.44. The van der Waals surface area contributed by atoms with Crippen LogP contribution in [0.4, 0.5) is 10.5 Å². The van der Waals surface area contributed by atoms with E-state index in [1.807, 2.05) is 0 Å². The molecule has 1 aromatic rings. The number of hydrogen-bond acceptors (Lipinski definition) is 4. The Morgan fingerprint density at radius 3 is 2.50 bits per heavy atom. The minimum atomic E-state index is -1.00. The van der Waals surface area contributed by atoms with E-state index in [-0.39, 0.29) is 4.88 Å². The number of ether oxygens (including phenoxy) is 1. The lowest BCUT2D eigenvalue weighted by Crippen LogP contribution is -2.28. The highest BCUT2D eigenvalue weighted by atomic mass is 32.1. The molecule has 0 atom stereocenters. The van der Waals surface area contributed by atoms with Crippen LogP contribution in [0.2, 0.25) is 0 Å². The van der Waals surface area contributed by atoms with E-state index in [4.69, 9.17) is 4.74 Å². The highest BCUT2D eigenvalue weighted by Gasteiger charge is 2.27. The van der Waals surface area contributed by atoms with Crippen molar-refractivity contribution in [1.29, 1.82) is 0 Å². The summed E-state index contributed by atoms with van der Waals surface area (Å²) in [5, 5.41) is 11.9. The number of anilines is 1. The number of aromatic carboxylic acids is 1. The van der Waals surface area contributed by atoms with Crippen LogP contribution in [-0.4, -0.2) is 22.8 Å². The van der Waals surface area contributed by atoms with Crippen molar-refractivity contribution in [1.82, 2.24) is 0 Å². The van der Waals surface area contributed by atoms with Crippen LogP contribution < -0.4 is 5.32 Å². The summed E-state index contributed by atoms with van der Waals surface area (Å²) in [6, 6.07) is 0. The SMILES string of the molecule is CC(C)(C)OC(=O)Nc1c(C(=O)O)sc2c1CCCC2. The molecule has 0 fully saturated rings. The zero-order valence-electron chi connectivity index (χ0n) is 11.9. The molecule has 2 rings (SSSR count). The fraction of sp³-hybridized carbons (Fsp3) is 0.571. The normalized spacial score (nSPS) is 14.6. The maximum Gasteiger partial charge on any atom is 0.412 e. The van der Waals surface area contributed by atoms with Crippen molar-refractivity contribution in [2.24, 2.45) is 0 Å². The first-order valence-corrected chi connectivity index (χ1v) is 7.47. The highest BCUT2D eigenvalue weighted by molar-refractivity contribution is 7.14. The molecule has 0 bridgehead atoms. The van der Waals surface area contributed by atoms with Gasteiger partial charge in [-0.2, -0.15) is 0 Å². The molecule has 110 valence electrons. The predicted molar refractivity (Wildman–Crippen MR) is 77.8 cm³/mol. The van der Waals surface area contributed by atoms with Gasteiger partial charge in [-0.15, -0.1) is 11.3 Å². The second-order valence-electron chi connectivity index (χ2n) is 5.85. The first kappa shape index (κ1) is 14.8. The van der Waals surface area contributed by atoms with Crippen LogP contribution in [0.1, 0.15) is 53.7 Å². The molecule has 1 aromatic heterocycles. The molecule has 1 amide bonds. The summed E-state index contributed by atoms with van der Waals surface area (Å²) in [6.07, 6.45) is 3.18. The molecule has 0 unspecified atom stereocenters. The van der Waals surface area contributed by atoms with E-state index in [0.717, 1.165) is 36.1 Å². The first-order chi connectivity index (χ1) is 9.28. The lowest BCUT2D eigenvalue weighted by Gasteiger charge is -2.20. The third-order valence-electron chi connectivity index (χ3n) is 2.99. The summed E-state index contributed by atoms with van der Waals surface area (Å²) in [7, 11) is 0. The molecule has 2 N–H and O–H groups in total. The van der Waals surface area contributed by atoms with Gasteiger partial charge in [0.1, 0.15) is 10.5 Å². The molecule has 1 aliphatic carbocycles. The lowest BCUT2D eigenvalue weighted by molar-refractivity contribution is 0.0636. The minimum Gasteiger partial charge on any atom is -0.477 e. The van der Waals surface area contributed by atoms with Crippen LogP contribution >= 0.6 is 11.3 Å². The number of carboxylic acid groups (broad SMARTS) is 1. The van der Waals surface area contributed by atoms with Gasteiger partial charge in [0.2, 0.25) is 0 Å². The lowest BCUT2D eigenvalue weighted by atomic mass is 9.97. The number of carboxylic acids is 1. The van der Waals surface area contributed by atoms with Gasteiger partial charge in [0.05, 0.1) is 5.69 Å². The zero-order valence-corrected chi connectivity index (χ0v) is 12.7. The monoisotopic (exact) mass is 297 g/mol. The van der Waals surface area contributed by atoms with E-state index in [1.54, 1.807) is 20.8 Å². The molecule has 0 radical (unpaired) electrons. The molecule has 0 aliphatic heterocycles. The molecule has 5 nitrogen and oxygen atoms in total. The van der Waals surface area contributed by atoms with Crippen molar-refractivity contribution in [3.05, 3.63) is 15.3 Å². The van der Waals surface area contributed by atoms with Gasteiger partial charge in [0.25, 0.3) is 0 Å². The van der Waals surface area contributed by atoms with E-state index in [1.165, 1.54) is 11.3 Å². The van der Waals surface area contributed by atoms with Crippen molar-refractivity contribution in [3.8, 4) is 0 Å². The first-order valence-electron chi connectivity index (χ1n) is 6.66. The Balaban J connectivity index is 2.28. The van der Waals surface area contributed by atoms with Crippen molar-refractivity contribution < 1.29 is 19.4 Å². The van der Waals surface area contributed by atoms with Gasteiger partial charge >= 0.3 is 12.1 Å². The number of aryl methyl sites for hydroxylation is 1. The quantitative estimate of drug-likeness (QED) is 0.873. The summed E-state index contributed by atoms with van der Waals surface area (Å²) in [4.78, 5) is 24.5. The van der Waals surface area contributed by atoms with Gasteiger partial charge in [-0.05, 0) is 52.0 Å². The van der Waals surface area contributed by atoms with Crippen LogP contribution in [0.25, 0.3) is 0 Å². The number of amides is 1. The average molecular weight is 297 g/mol. The summed E-state index contributed by atoms with van der Waals surface area (Å²) < 4.78 is 5.20. The van der Waals surface area contributed by atoms with Crippen LogP contribution in [0.3, 0.4) is 0 Å². The third kappa shape index (κ3) is 3.30. The number of hydrogen-bond donors (Lipinski definition) is 2. The van der Waals surface area contributed by atoms with E-state index in [9.17, 15) is 14.7 Å². The molecular formula is C14H19NO4S. The molecular weight excluding hydrogens is 278 g/mol. The van der Waals surface area contributed by atoms with Crippen LogP contribution in [0.5, 0.6) is 0 Å². The average Bonchev–Trinajstić information content (AvgIpc) is 2.66. The number of thiophene rings is 1. The Morgan fingerprint density at radius 2 is 1.90 bits per heavy atom. The smallest absolute Gasteiger partial charge is 0.412 e. The van der Waals surface area contributed by atoms with Gasteiger partial charge in [-0.25, -0.2) is 9.59 Å². The Morgan fingerprint density at radius 1 is 1.25 bits per heavy atom. The molecule has 0 saturated heterocycles. The third-order valence-corrected chi connectivity index (χ3v) is 4.27. The molecule has 0 saturated carbocycles. The van der Waals surface area contributed by atoms with Crippen LogP contribution in [-0.2, 0) is 17.6 Å². The van der Waals surface area contributed by atoms with Crippen molar-refractivity contribution in [3.63, 3.8) is 0 Å². The largest absolute Gasteiger partial charge is 0.477 e. The molecule has 0 spiro atoms. The van der Waals surface area contributed by atoms with Crippen molar-refractivity contribution >= 4 is 29.1 Å². The van der Waals surface area contributed by atoms with Gasteiger partial charge in [-0.1, -0.05) is 0 Å². The Kier molecular flexibility index (Phi) is 4.04. The van der Waals surface area contributed by atoms with Gasteiger partial charge in [-0.3, -0.25) is 5.32 Å². The minimum absolute atomic E-state index is 0.197. The van der Waals surface area contributed by atoms with Crippen molar-refractivity contribution in [2.45, 2.75) is 52.1 Å². The molecule has 6 heteroatoms. The van der Waals surface area contributed by atoms with Gasteiger partial charge < -0.3 is 9.84 Å². The summed E-state index contributed by atoms with van der Waals surface area (Å²) in [5.41, 5.74) is 0.778. The van der Waals surface area contributed by atoms with E-state index < -0.39 is 17.7 Å². The molecule has 1 heterocycles. The number of carbonyl (C=O) groups is 2.